The molecule has 0 unspecified atom stereocenters. The summed E-state index contributed by atoms with van der Waals surface area (Å²) >= 11 is 0. The van der Waals surface area contributed by atoms with Crippen LogP contribution in [-0.4, -0.2) is 25.8 Å². The maximum absolute atomic E-state index is 13.2. The lowest BCUT2D eigenvalue weighted by Gasteiger charge is -2.38. The summed E-state index contributed by atoms with van der Waals surface area (Å²) in [5.74, 6) is -0.601. The molecule has 0 atom stereocenters. The molecule has 2 N–H and O–H groups in total. The fourth-order valence-corrected chi connectivity index (χ4v) is 4.24. The highest BCUT2D eigenvalue weighted by molar-refractivity contribution is 7.89. The minimum Gasteiger partial charge on any atom is -0.396 e. The number of benzene rings is 1. The lowest BCUT2D eigenvalue weighted by molar-refractivity contribution is 0.174. The number of nitrogens with two attached hydrogens (primary N) is 1. The third-order valence-corrected chi connectivity index (χ3v) is 6.37. The van der Waals surface area contributed by atoms with Gasteiger partial charge < -0.3 is 5.73 Å². The molecule has 0 amide bonds. The van der Waals surface area contributed by atoms with Crippen LogP contribution in [0.25, 0.3) is 0 Å². The Bertz CT molecular complexity index is 619. The Labute approximate surface area is 126 Å². The van der Waals surface area contributed by atoms with Crippen LogP contribution >= 0.6 is 0 Å². The minimum atomic E-state index is -3.63. The second-order valence-electron chi connectivity index (χ2n) is 6.60. The zero-order valence-corrected chi connectivity index (χ0v) is 13.6. The highest BCUT2D eigenvalue weighted by atomic mass is 32.2. The van der Waals surface area contributed by atoms with Crippen LogP contribution in [0.4, 0.5) is 10.1 Å². The molecule has 21 heavy (non-hydrogen) atoms. The molecule has 4 nitrogen and oxygen atoms in total. The van der Waals surface area contributed by atoms with E-state index >= 15 is 0 Å². The Hall–Kier alpha value is -1.14. The molecule has 0 radical (unpaired) electrons. The Morgan fingerprint density at radius 3 is 2.38 bits per heavy atom. The van der Waals surface area contributed by atoms with Gasteiger partial charge >= 0.3 is 0 Å². The number of rotatable bonds is 3. The van der Waals surface area contributed by atoms with Gasteiger partial charge in [0.05, 0.1) is 10.6 Å². The molecule has 1 aliphatic carbocycles. The Morgan fingerprint density at radius 2 is 1.86 bits per heavy atom. The van der Waals surface area contributed by atoms with E-state index in [2.05, 4.69) is 13.8 Å². The molecule has 1 saturated carbocycles. The average Bonchev–Trinajstić information content (AvgIpc) is 2.41. The van der Waals surface area contributed by atoms with Crippen LogP contribution in [0, 0.1) is 11.2 Å². The number of anilines is 1. The molecule has 1 aliphatic rings. The third kappa shape index (κ3) is 3.37. The van der Waals surface area contributed by atoms with Crippen molar-refractivity contribution >= 4 is 15.7 Å². The van der Waals surface area contributed by atoms with Crippen molar-refractivity contribution in [1.29, 1.82) is 0 Å². The number of hydrogen-bond donors (Lipinski definition) is 1. The molecule has 2 rings (SSSR count). The number of hydrogen-bond acceptors (Lipinski definition) is 3. The van der Waals surface area contributed by atoms with Crippen molar-refractivity contribution in [3.8, 4) is 0 Å². The number of sulfonamides is 1. The molecule has 1 aromatic carbocycles. The monoisotopic (exact) mass is 314 g/mol. The summed E-state index contributed by atoms with van der Waals surface area (Å²) in [4.78, 5) is 0.0498. The van der Waals surface area contributed by atoms with E-state index in [4.69, 9.17) is 5.73 Å². The van der Waals surface area contributed by atoms with Gasteiger partial charge in [0.1, 0.15) is 5.82 Å². The van der Waals surface area contributed by atoms with Gasteiger partial charge in [-0.25, -0.2) is 12.8 Å². The van der Waals surface area contributed by atoms with Gasteiger partial charge in [0.15, 0.2) is 0 Å². The molecule has 6 heteroatoms. The van der Waals surface area contributed by atoms with E-state index in [9.17, 15) is 12.8 Å². The first-order chi connectivity index (χ1) is 9.63. The molecular weight excluding hydrogens is 291 g/mol. The molecule has 1 aromatic rings. The lowest BCUT2D eigenvalue weighted by Crippen LogP contribution is -2.40. The van der Waals surface area contributed by atoms with Crippen molar-refractivity contribution < 1.29 is 12.8 Å². The maximum Gasteiger partial charge on any atom is 0.243 e. The molecule has 1 fully saturated rings. The van der Waals surface area contributed by atoms with Gasteiger partial charge in [-0.3, -0.25) is 0 Å². The van der Waals surface area contributed by atoms with Gasteiger partial charge in [-0.05, 0) is 49.3 Å². The van der Waals surface area contributed by atoms with E-state index in [0.29, 0.717) is 0 Å². The van der Waals surface area contributed by atoms with E-state index in [-0.39, 0.29) is 22.0 Å². The van der Waals surface area contributed by atoms with Crippen LogP contribution in [0.15, 0.2) is 23.1 Å². The van der Waals surface area contributed by atoms with E-state index < -0.39 is 15.8 Å². The molecule has 118 valence electrons. The summed E-state index contributed by atoms with van der Waals surface area (Å²) in [6.07, 6.45) is 3.70. The first-order valence-electron chi connectivity index (χ1n) is 7.16. The molecule has 0 heterocycles. The maximum atomic E-state index is 13.2. The largest absolute Gasteiger partial charge is 0.396 e. The number of nitrogen functional groups attached to an aromatic ring is 1. The second kappa shape index (κ2) is 5.57. The highest BCUT2D eigenvalue weighted by Gasteiger charge is 2.34. The van der Waals surface area contributed by atoms with Gasteiger partial charge in [-0.2, -0.15) is 4.31 Å². The van der Waals surface area contributed by atoms with Crippen molar-refractivity contribution in [3.63, 3.8) is 0 Å². The van der Waals surface area contributed by atoms with Gasteiger partial charge in [-0.15, -0.1) is 0 Å². The lowest BCUT2D eigenvalue weighted by atomic mass is 9.76. The fourth-order valence-electron chi connectivity index (χ4n) is 2.79. The second-order valence-corrected chi connectivity index (χ2v) is 8.60. The smallest absolute Gasteiger partial charge is 0.243 e. The fraction of sp³-hybridized carbons (Fsp3) is 0.600. The predicted octanol–water partition coefficient (Wildman–Crippen LogP) is 3.00. The summed E-state index contributed by atoms with van der Waals surface area (Å²) in [6, 6.07) is 3.55. The molecule has 0 bridgehead atoms. The molecule has 0 aliphatic heterocycles. The number of halogens is 1. The summed E-state index contributed by atoms with van der Waals surface area (Å²) in [6.45, 7) is 4.41. The van der Waals surface area contributed by atoms with Crippen molar-refractivity contribution in [2.45, 2.75) is 50.5 Å². The van der Waals surface area contributed by atoms with Gasteiger partial charge in [-0.1, -0.05) is 13.8 Å². The Morgan fingerprint density at radius 1 is 1.29 bits per heavy atom. The Kier molecular flexibility index (Phi) is 4.31. The van der Waals surface area contributed by atoms with Crippen LogP contribution in [0.3, 0.4) is 0 Å². The van der Waals surface area contributed by atoms with Crippen molar-refractivity contribution in [1.82, 2.24) is 4.31 Å². The van der Waals surface area contributed by atoms with Gasteiger partial charge in [0.25, 0.3) is 0 Å². The summed E-state index contributed by atoms with van der Waals surface area (Å²) in [7, 11) is -2.03. The predicted molar refractivity (Wildman–Crippen MR) is 81.8 cm³/mol. The standard InChI is InChI=1S/C15H23FN2O2S/c1-15(2)8-6-11(7-9-15)18(3)21(19,20)12-4-5-13(16)14(17)10-12/h4-5,10-11H,6-9,17H2,1-3H3. The molecule has 0 saturated heterocycles. The third-order valence-electron chi connectivity index (χ3n) is 4.47. The van der Waals surface area contributed by atoms with Crippen LogP contribution in [0.5, 0.6) is 0 Å². The van der Waals surface area contributed by atoms with E-state index in [0.717, 1.165) is 31.7 Å². The van der Waals surface area contributed by atoms with Crippen LogP contribution in [0.2, 0.25) is 0 Å². The van der Waals surface area contributed by atoms with E-state index in [1.165, 1.54) is 16.4 Å². The quantitative estimate of drug-likeness (QED) is 0.872. The topological polar surface area (TPSA) is 63.4 Å². The first-order valence-corrected chi connectivity index (χ1v) is 8.60. The first kappa shape index (κ1) is 16.2. The molecule has 0 aromatic heterocycles. The zero-order chi connectivity index (χ0) is 15.8. The Balaban J connectivity index is 2.21. The summed E-state index contributed by atoms with van der Waals surface area (Å²) in [5.41, 5.74) is 5.61. The number of nitrogens with zero attached hydrogens (tertiary/aromatic N) is 1. The zero-order valence-electron chi connectivity index (χ0n) is 12.8. The van der Waals surface area contributed by atoms with Gasteiger partial charge in [0.2, 0.25) is 10.0 Å². The van der Waals surface area contributed by atoms with Crippen molar-refractivity contribution in [3.05, 3.63) is 24.0 Å². The van der Waals surface area contributed by atoms with Gasteiger partial charge in [0, 0.05) is 13.1 Å². The molecule has 0 spiro atoms. The summed E-state index contributed by atoms with van der Waals surface area (Å²) in [5, 5.41) is 0. The van der Waals surface area contributed by atoms with E-state index in [1.54, 1.807) is 7.05 Å². The van der Waals surface area contributed by atoms with Crippen LogP contribution < -0.4 is 5.73 Å². The summed E-state index contributed by atoms with van der Waals surface area (Å²) < 4.78 is 39.8. The highest BCUT2D eigenvalue weighted by Crippen LogP contribution is 2.37. The average molecular weight is 314 g/mol. The SMILES string of the molecule is CN(C1CCC(C)(C)CC1)S(=O)(=O)c1ccc(F)c(N)c1. The van der Waals surface area contributed by atoms with Crippen LogP contribution in [-0.2, 0) is 10.0 Å². The minimum absolute atomic E-state index is 0.00528. The molecular formula is C15H23FN2O2S. The van der Waals surface area contributed by atoms with Crippen LogP contribution in [0.1, 0.15) is 39.5 Å². The normalized spacial score (nSPS) is 19.9. The van der Waals surface area contributed by atoms with Crippen molar-refractivity contribution in [2.24, 2.45) is 5.41 Å². The van der Waals surface area contributed by atoms with E-state index in [1.807, 2.05) is 0 Å². The van der Waals surface area contributed by atoms with Crippen molar-refractivity contribution in [2.75, 3.05) is 12.8 Å².